The van der Waals surface area contributed by atoms with E-state index in [9.17, 15) is 4.79 Å². The van der Waals surface area contributed by atoms with Crippen LogP contribution >= 0.6 is 0 Å². The van der Waals surface area contributed by atoms with Crippen LogP contribution in [0, 0.1) is 0 Å². The zero-order valence-electron chi connectivity index (χ0n) is 14.3. The number of amides is 1. The maximum absolute atomic E-state index is 12.2. The Morgan fingerprint density at radius 1 is 1.12 bits per heavy atom. The summed E-state index contributed by atoms with van der Waals surface area (Å²) in [5, 5.41) is 2.91. The molecule has 2 aromatic rings. The number of hydrogen-bond donors (Lipinski definition) is 1. The summed E-state index contributed by atoms with van der Waals surface area (Å²) < 4.78 is 5.42. The van der Waals surface area contributed by atoms with Gasteiger partial charge in [0.2, 0.25) is 0 Å². The molecule has 1 heterocycles. The van der Waals surface area contributed by atoms with E-state index in [2.05, 4.69) is 34.5 Å². The van der Waals surface area contributed by atoms with Crippen molar-refractivity contribution in [2.24, 2.45) is 0 Å². The zero-order chi connectivity index (χ0) is 16.9. The van der Waals surface area contributed by atoms with E-state index < -0.39 is 0 Å². The minimum atomic E-state index is -0.0576. The highest BCUT2D eigenvalue weighted by Gasteiger charge is 2.18. The molecule has 1 unspecified atom stereocenters. The summed E-state index contributed by atoms with van der Waals surface area (Å²) in [6.07, 6.45) is 0.0290. The Labute approximate surface area is 143 Å². The van der Waals surface area contributed by atoms with Crippen LogP contribution in [0.25, 0.3) is 0 Å². The summed E-state index contributed by atoms with van der Waals surface area (Å²) in [5.74, 6) is -0.0576. The van der Waals surface area contributed by atoms with Gasteiger partial charge >= 0.3 is 0 Å². The smallest absolute Gasteiger partial charge is 0.251 e. The fourth-order valence-corrected chi connectivity index (χ4v) is 3.02. The molecule has 2 aromatic carbocycles. The maximum atomic E-state index is 12.2. The van der Waals surface area contributed by atoms with Crippen molar-refractivity contribution in [3.05, 3.63) is 65.2 Å². The molecule has 0 aromatic heterocycles. The zero-order valence-corrected chi connectivity index (χ0v) is 14.3. The summed E-state index contributed by atoms with van der Waals surface area (Å²) in [4.78, 5) is 14.5. The lowest BCUT2D eigenvalue weighted by molar-refractivity contribution is 0.0695. The van der Waals surface area contributed by atoms with Crippen LogP contribution in [0.5, 0.6) is 0 Å². The van der Waals surface area contributed by atoms with E-state index in [1.807, 2.05) is 38.1 Å². The number of carbonyl (C=O) groups excluding carboxylic acids is 1. The van der Waals surface area contributed by atoms with E-state index in [0.29, 0.717) is 18.7 Å². The third kappa shape index (κ3) is 3.77. The molecule has 0 spiro atoms. The second-order valence-corrected chi connectivity index (χ2v) is 6.15. The molecule has 0 saturated heterocycles. The van der Waals surface area contributed by atoms with E-state index in [-0.39, 0.29) is 12.0 Å². The molecule has 0 aliphatic carbocycles. The Bertz CT molecular complexity index is 672. The molecular weight excluding hydrogens is 300 g/mol. The number of rotatable bonds is 6. The number of fused-ring (bicyclic) bond motifs is 1. The van der Waals surface area contributed by atoms with Gasteiger partial charge in [0.05, 0.1) is 6.10 Å². The van der Waals surface area contributed by atoms with Gasteiger partial charge < -0.3 is 15.0 Å². The minimum absolute atomic E-state index is 0.0290. The van der Waals surface area contributed by atoms with Crippen molar-refractivity contribution in [2.75, 3.05) is 18.1 Å². The highest BCUT2D eigenvalue weighted by Crippen LogP contribution is 2.28. The predicted octanol–water partition coefficient (Wildman–Crippen LogP) is 3.36. The van der Waals surface area contributed by atoms with Crippen molar-refractivity contribution in [3.8, 4) is 0 Å². The van der Waals surface area contributed by atoms with E-state index in [1.54, 1.807) is 0 Å². The molecule has 24 heavy (non-hydrogen) atoms. The number of nitrogens with zero attached hydrogens (tertiary/aromatic N) is 1. The van der Waals surface area contributed by atoms with E-state index in [1.165, 1.54) is 11.1 Å². The van der Waals surface area contributed by atoms with Crippen molar-refractivity contribution >= 4 is 11.6 Å². The van der Waals surface area contributed by atoms with Gasteiger partial charge in [-0.1, -0.05) is 24.3 Å². The Kier molecular flexibility index (Phi) is 5.16. The quantitative estimate of drug-likeness (QED) is 0.886. The predicted molar refractivity (Wildman–Crippen MR) is 96.2 cm³/mol. The fourth-order valence-electron chi connectivity index (χ4n) is 3.02. The standard InChI is InChI=1S/C20H24N2O2/c1-3-24-15(2)12-21-20(23)16-8-10-19(11-9-16)22-13-17-6-4-5-7-18(17)14-22/h4-11,15H,3,12-14H2,1-2H3,(H,21,23). The monoisotopic (exact) mass is 324 g/mol. The molecule has 0 fully saturated rings. The normalized spacial score (nSPS) is 14.3. The molecule has 0 saturated carbocycles. The van der Waals surface area contributed by atoms with Gasteiger partial charge in [-0.15, -0.1) is 0 Å². The van der Waals surface area contributed by atoms with Crippen LogP contribution in [-0.4, -0.2) is 25.2 Å². The van der Waals surface area contributed by atoms with Gasteiger partial charge in [0.1, 0.15) is 0 Å². The first kappa shape index (κ1) is 16.5. The molecule has 1 aliphatic heterocycles. The van der Waals surface area contributed by atoms with Crippen molar-refractivity contribution < 1.29 is 9.53 Å². The Hall–Kier alpha value is -2.33. The van der Waals surface area contributed by atoms with E-state index >= 15 is 0 Å². The van der Waals surface area contributed by atoms with Crippen LogP contribution < -0.4 is 10.2 Å². The molecule has 1 N–H and O–H groups in total. The molecule has 4 heteroatoms. The Morgan fingerprint density at radius 3 is 2.33 bits per heavy atom. The number of ether oxygens (including phenoxy) is 1. The van der Waals surface area contributed by atoms with Crippen LogP contribution in [0.1, 0.15) is 35.3 Å². The minimum Gasteiger partial charge on any atom is -0.377 e. The molecule has 4 nitrogen and oxygen atoms in total. The molecule has 1 atom stereocenters. The van der Waals surface area contributed by atoms with Crippen molar-refractivity contribution in [3.63, 3.8) is 0 Å². The average molecular weight is 324 g/mol. The van der Waals surface area contributed by atoms with Gasteiger partial charge in [-0.2, -0.15) is 0 Å². The highest BCUT2D eigenvalue weighted by atomic mass is 16.5. The topological polar surface area (TPSA) is 41.6 Å². The summed E-state index contributed by atoms with van der Waals surface area (Å²) in [7, 11) is 0. The number of benzene rings is 2. The highest BCUT2D eigenvalue weighted by molar-refractivity contribution is 5.94. The Balaban J connectivity index is 1.59. The van der Waals surface area contributed by atoms with Crippen LogP contribution in [0.15, 0.2) is 48.5 Å². The Morgan fingerprint density at radius 2 is 1.75 bits per heavy atom. The summed E-state index contributed by atoms with van der Waals surface area (Å²) in [6, 6.07) is 16.3. The van der Waals surface area contributed by atoms with E-state index in [4.69, 9.17) is 4.74 Å². The number of nitrogens with one attached hydrogen (secondary N) is 1. The number of anilines is 1. The van der Waals surface area contributed by atoms with Crippen molar-refractivity contribution in [1.82, 2.24) is 5.32 Å². The lowest BCUT2D eigenvalue weighted by atomic mass is 10.1. The van der Waals surface area contributed by atoms with Crippen LogP contribution in [-0.2, 0) is 17.8 Å². The van der Waals surface area contributed by atoms with Crippen molar-refractivity contribution in [2.45, 2.75) is 33.0 Å². The lowest BCUT2D eigenvalue weighted by Crippen LogP contribution is -2.32. The van der Waals surface area contributed by atoms with Gasteiger partial charge in [0.15, 0.2) is 0 Å². The maximum Gasteiger partial charge on any atom is 0.251 e. The molecule has 126 valence electrons. The SMILES string of the molecule is CCOC(C)CNC(=O)c1ccc(N2Cc3ccccc3C2)cc1. The molecule has 3 rings (SSSR count). The van der Waals surface area contributed by atoms with Crippen LogP contribution in [0.3, 0.4) is 0 Å². The first-order valence-corrected chi connectivity index (χ1v) is 8.49. The lowest BCUT2D eigenvalue weighted by Gasteiger charge is -2.18. The fraction of sp³-hybridized carbons (Fsp3) is 0.350. The third-order valence-electron chi connectivity index (χ3n) is 4.34. The third-order valence-corrected chi connectivity index (χ3v) is 4.34. The van der Waals surface area contributed by atoms with Crippen LogP contribution in [0.4, 0.5) is 5.69 Å². The molecule has 0 bridgehead atoms. The van der Waals surface area contributed by atoms with Gasteiger partial charge in [0.25, 0.3) is 5.91 Å². The first-order valence-electron chi connectivity index (χ1n) is 8.49. The van der Waals surface area contributed by atoms with Gasteiger partial charge in [-0.05, 0) is 49.2 Å². The number of hydrogen-bond acceptors (Lipinski definition) is 3. The summed E-state index contributed by atoms with van der Waals surface area (Å²) >= 11 is 0. The largest absolute Gasteiger partial charge is 0.377 e. The summed E-state index contributed by atoms with van der Waals surface area (Å²) in [5.41, 5.74) is 4.58. The molecular formula is C20H24N2O2. The van der Waals surface area contributed by atoms with Gasteiger partial charge in [0, 0.05) is 37.5 Å². The summed E-state index contributed by atoms with van der Waals surface area (Å²) in [6.45, 7) is 6.94. The van der Waals surface area contributed by atoms with Crippen LogP contribution in [0.2, 0.25) is 0 Å². The number of carbonyl (C=O) groups is 1. The average Bonchev–Trinajstić information content (AvgIpc) is 3.04. The van der Waals surface area contributed by atoms with Crippen molar-refractivity contribution in [1.29, 1.82) is 0 Å². The first-order chi connectivity index (χ1) is 11.7. The second-order valence-electron chi connectivity index (χ2n) is 6.15. The van der Waals surface area contributed by atoms with Gasteiger partial charge in [-0.25, -0.2) is 0 Å². The molecule has 1 amide bonds. The van der Waals surface area contributed by atoms with Gasteiger partial charge in [-0.3, -0.25) is 4.79 Å². The van der Waals surface area contributed by atoms with E-state index in [0.717, 1.165) is 18.8 Å². The molecule has 0 radical (unpaired) electrons. The second kappa shape index (κ2) is 7.49. The molecule has 1 aliphatic rings.